The minimum Gasteiger partial charge on any atom is -0.326 e. The molecule has 0 unspecified atom stereocenters. The Labute approximate surface area is 137 Å². The summed E-state index contributed by atoms with van der Waals surface area (Å²) in [6.07, 6.45) is 0.581. The number of hydrogen-bond donors (Lipinski definition) is 1. The summed E-state index contributed by atoms with van der Waals surface area (Å²) in [7, 11) is 0. The van der Waals surface area contributed by atoms with Gasteiger partial charge in [0.2, 0.25) is 0 Å². The van der Waals surface area contributed by atoms with Gasteiger partial charge in [0.15, 0.2) is 5.78 Å². The second kappa shape index (κ2) is 6.52. The number of ketones is 1. The Balaban J connectivity index is 2.16. The van der Waals surface area contributed by atoms with Gasteiger partial charge in [-0.15, -0.1) is 0 Å². The van der Waals surface area contributed by atoms with Crippen LogP contribution in [0.25, 0.3) is 0 Å². The molecule has 0 spiro atoms. The van der Waals surface area contributed by atoms with Gasteiger partial charge in [-0.2, -0.15) is 0 Å². The number of amides is 3. The molecule has 0 saturated carbocycles. The molecule has 1 saturated heterocycles. The number of Topliss-reactive ketones (excluding diaryl/α,β-unsaturated/α-hetero) is 1. The molecule has 1 aromatic rings. The predicted octanol–water partition coefficient (Wildman–Crippen LogP) is 2.76. The molecule has 1 aliphatic heterocycles. The molecule has 1 heterocycles. The minimum absolute atomic E-state index is 0.206. The van der Waals surface area contributed by atoms with Crippen LogP contribution in [0.2, 0.25) is 0 Å². The molecule has 0 radical (unpaired) electrons. The van der Waals surface area contributed by atoms with E-state index in [9.17, 15) is 14.4 Å². The number of nitrogens with zero attached hydrogens (tertiary/aromatic N) is 1. The largest absolute Gasteiger partial charge is 0.326 e. The van der Waals surface area contributed by atoms with Gasteiger partial charge in [-0.1, -0.05) is 19.9 Å². The highest BCUT2D eigenvalue weighted by molar-refractivity contribution is 6.09. The maximum absolute atomic E-state index is 12.5. The van der Waals surface area contributed by atoms with Crippen molar-refractivity contribution in [1.82, 2.24) is 10.2 Å². The Morgan fingerprint density at radius 1 is 1.13 bits per heavy atom. The Hall–Kier alpha value is -2.17. The van der Waals surface area contributed by atoms with E-state index in [2.05, 4.69) is 5.32 Å². The number of benzene rings is 1. The van der Waals surface area contributed by atoms with Crippen molar-refractivity contribution in [3.63, 3.8) is 0 Å². The monoisotopic (exact) mass is 316 g/mol. The maximum atomic E-state index is 12.5. The molecule has 0 bridgehead atoms. The van der Waals surface area contributed by atoms with Gasteiger partial charge >= 0.3 is 6.03 Å². The molecule has 2 rings (SSSR count). The van der Waals surface area contributed by atoms with Crippen LogP contribution in [0.1, 0.15) is 47.3 Å². The first-order chi connectivity index (χ1) is 10.7. The molecule has 1 atom stereocenters. The summed E-state index contributed by atoms with van der Waals surface area (Å²) in [4.78, 5) is 37.9. The number of hydrogen-bond acceptors (Lipinski definition) is 3. The molecule has 1 fully saturated rings. The highest BCUT2D eigenvalue weighted by atomic mass is 16.2. The summed E-state index contributed by atoms with van der Waals surface area (Å²) < 4.78 is 0. The molecule has 1 aromatic carbocycles. The zero-order valence-corrected chi connectivity index (χ0v) is 14.4. The molecule has 1 N–H and O–H groups in total. The van der Waals surface area contributed by atoms with Gasteiger partial charge < -0.3 is 5.32 Å². The summed E-state index contributed by atoms with van der Waals surface area (Å²) in [6, 6.07) is 2.79. The number of nitrogens with one attached hydrogen (secondary N) is 1. The number of rotatable bonds is 5. The molecule has 5 heteroatoms. The average Bonchev–Trinajstić information content (AvgIpc) is 2.69. The van der Waals surface area contributed by atoms with Crippen LogP contribution in [0.3, 0.4) is 0 Å². The molecule has 5 nitrogen and oxygen atoms in total. The van der Waals surface area contributed by atoms with E-state index >= 15 is 0 Å². The van der Waals surface area contributed by atoms with Gasteiger partial charge in [0, 0.05) is 5.56 Å². The topological polar surface area (TPSA) is 66.5 Å². The lowest BCUT2D eigenvalue weighted by atomic mass is 9.98. The molecular weight excluding hydrogens is 292 g/mol. The first-order valence-electron chi connectivity index (χ1n) is 7.93. The molecule has 23 heavy (non-hydrogen) atoms. The second-order valence-corrected chi connectivity index (χ2v) is 6.73. The van der Waals surface area contributed by atoms with Crippen LogP contribution in [0.5, 0.6) is 0 Å². The van der Waals surface area contributed by atoms with E-state index in [0.717, 1.165) is 21.6 Å². The van der Waals surface area contributed by atoms with E-state index in [1.54, 1.807) is 0 Å². The third kappa shape index (κ3) is 3.60. The third-order valence-electron chi connectivity index (χ3n) is 4.26. The summed E-state index contributed by atoms with van der Waals surface area (Å²) in [5.74, 6) is -0.222. The smallest absolute Gasteiger partial charge is 0.325 e. The molecule has 124 valence electrons. The third-order valence-corrected chi connectivity index (χ3v) is 4.26. The standard InChI is InChI=1S/C18H24N2O3/c1-10(2)6-15-17(22)20(18(23)19-15)9-16(21)14-8-12(4)11(3)7-13(14)5/h7-8,10,15H,6,9H2,1-5H3,(H,19,23)/t15-/m1/s1. The summed E-state index contributed by atoms with van der Waals surface area (Å²) >= 11 is 0. The quantitative estimate of drug-likeness (QED) is 0.671. The van der Waals surface area contributed by atoms with Crippen LogP contribution < -0.4 is 5.32 Å². The van der Waals surface area contributed by atoms with Crippen molar-refractivity contribution in [2.24, 2.45) is 5.92 Å². The zero-order valence-electron chi connectivity index (χ0n) is 14.4. The van der Waals surface area contributed by atoms with Crippen molar-refractivity contribution in [2.45, 2.75) is 47.1 Å². The van der Waals surface area contributed by atoms with Crippen LogP contribution in [0.15, 0.2) is 12.1 Å². The Kier molecular flexibility index (Phi) is 4.88. The lowest BCUT2D eigenvalue weighted by molar-refractivity contribution is -0.127. The second-order valence-electron chi connectivity index (χ2n) is 6.73. The van der Waals surface area contributed by atoms with E-state index in [0.29, 0.717) is 17.9 Å². The molecule has 0 aliphatic carbocycles. The lowest BCUT2D eigenvalue weighted by Gasteiger charge is -2.15. The summed E-state index contributed by atoms with van der Waals surface area (Å²) in [5, 5.41) is 2.66. The van der Waals surface area contributed by atoms with Crippen LogP contribution in [0, 0.1) is 26.7 Å². The first-order valence-corrected chi connectivity index (χ1v) is 7.93. The van der Waals surface area contributed by atoms with Crippen molar-refractivity contribution in [3.05, 3.63) is 34.4 Å². The van der Waals surface area contributed by atoms with Gasteiger partial charge in [0.05, 0.1) is 6.54 Å². The molecular formula is C18H24N2O3. The van der Waals surface area contributed by atoms with Crippen molar-refractivity contribution < 1.29 is 14.4 Å². The van der Waals surface area contributed by atoms with Gasteiger partial charge in [-0.05, 0) is 55.9 Å². The van der Waals surface area contributed by atoms with Crippen LogP contribution in [-0.2, 0) is 4.79 Å². The van der Waals surface area contributed by atoms with Crippen molar-refractivity contribution in [2.75, 3.05) is 6.54 Å². The van der Waals surface area contributed by atoms with Gasteiger partial charge in [-0.3, -0.25) is 14.5 Å². The first kappa shape index (κ1) is 17.2. The number of carbonyl (C=O) groups is 3. The Morgan fingerprint density at radius 2 is 1.74 bits per heavy atom. The molecule has 3 amide bonds. The Morgan fingerprint density at radius 3 is 2.35 bits per heavy atom. The van der Waals surface area contributed by atoms with E-state index in [-0.39, 0.29) is 18.2 Å². The van der Waals surface area contributed by atoms with Crippen molar-refractivity contribution in [3.8, 4) is 0 Å². The number of imide groups is 1. The van der Waals surface area contributed by atoms with E-state index < -0.39 is 12.1 Å². The van der Waals surface area contributed by atoms with E-state index in [1.165, 1.54) is 0 Å². The number of urea groups is 1. The van der Waals surface area contributed by atoms with Crippen molar-refractivity contribution >= 4 is 17.7 Å². The fourth-order valence-electron chi connectivity index (χ4n) is 2.85. The minimum atomic E-state index is -0.517. The molecule has 0 aromatic heterocycles. The molecule has 1 aliphatic rings. The van der Waals surface area contributed by atoms with Gasteiger partial charge in [0.1, 0.15) is 6.04 Å². The van der Waals surface area contributed by atoms with E-state index in [1.807, 2.05) is 46.8 Å². The number of aryl methyl sites for hydroxylation is 3. The highest BCUT2D eigenvalue weighted by Crippen LogP contribution is 2.18. The van der Waals surface area contributed by atoms with E-state index in [4.69, 9.17) is 0 Å². The number of carbonyl (C=O) groups excluding carboxylic acids is 3. The summed E-state index contributed by atoms with van der Waals surface area (Å²) in [5.41, 5.74) is 3.57. The average molecular weight is 316 g/mol. The van der Waals surface area contributed by atoms with Crippen molar-refractivity contribution in [1.29, 1.82) is 0 Å². The van der Waals surface area contributed by atoms with Gasteiger partial charge in [-0.25, -0.2) is 4.79 Å². The SMILES string of the molecule is Cc1cc(C)c(C(=O)CN2C(=O)N[C@H](CC(C)C)C2=O)cc1C. The normalized spacial score (nSPS) is 17.8. The van der Waals surface area contributed by atoms with Gasteiger partial charge in [0.25, 0.3) is 5.91 Å². The van der Waals surface area contributed by atoms with Crippen LogP contribution >= 0.6 is 0 Å². The fourth-order valence-corrected chi connectivity index (χ4v) is 2.85. The van der Waals surface area contributed by atoms with Crippen LogP contribution in [0.4, 0.5) is 4.79 Å². The predicted molar refractivity (Wildman–Crippen MR) is 88.5 cm³/mol. The highest BCUT2D eigenvalue weighted by Gasteiger charge is 2.39. The fraction of sp³-hybridized carbons (Fsp3) is 0.500. The van der Waals surface area contributed by atoms with Crippen LogP contribution in [-0.4, -0.2) is 35.2 Å². The zero-order chi connectivity index (χ0) is 17.3. The Bertz CT molecular complexity index is 664. The maximum Gasteiger partial charge on any atom is 0.325 e. The summed E-state index contributed by atoms with van der Waals surface area (Å²) in [6.45, 7) is 9.58. The lowest BCUT2D eigenvalue weighted by Crippen LogP contribution is -2.36.